The van der Waals surface area contributed by atoms with E-state index >= 15 is 0 Å². The molecule has 0 amide bonds. The van der Waals surface area contributed by atoms with Crippen LogP contribution in [0.4, 0.5) is 0 Å². The molecule has 1 rings (SSSR count). The lowest BCUT2D eigenvalue weighted by molar-refractivity contribution is -0.239. The van der Waals surface area contributed by atoms with Crippen molar-refractivity contribution < 1.29 is 24.5 Å². The molecular formula is C17H28O5S. The smallest absolute Gasteiger partial charge is 0.308 e. The highest BCUT2D eigenvalue weighted by Gasteiger charge is 2.33. The number of rotatable bonds is 12. The zero-order valence-corrected chi connectivity index (χ0v) is 14.8. The molecule has 6 heteroatoms. The number of esters is 1. The average molecular weight is 344 g/mol. The predicted molar refractivity (Wildman–Crippen MR) is 90.3 cm³/mol. The van der Waals surface area contributed by atoms with Gasteiger partial charge in [-0.15, -0.1) is 0 Å². The third-order valence-corrected chi connectivity index (χ3v) is 4.29. The molecule has 0 saturated carbocycles. The first kappa shape index (κ1) is 20.1. The lowest BCUT2D eigenvalue weighted by Gasteiger charge is -2.28. The summed E-state index contributed by atoms with van der Waals surface area (Å²) in [7, 11) is 0. The van der Waals surface area contributed by atoms with E-state index in [0.29, 0.717) is 32.5 Å². The SMILES string of the molecule is CCCCC(=O)OC(C)(O)C(O)CCCOCCc1ccsc1. The number of thiophene rings is 1. The maximum atomic E-state index is 11.5. The molecule has 0 aliphatic carbocycles. The summed E-state index contributed by atoms with van der Waals surface area (Å²) in [5, 5.41) is 24.2. The molecule has 1 heterocycles. The van der Waals surface area contributed by atoms with Crippen molar-refractivity contribution in [3.63, 3.8) is 0 Å². The van der Waals surface area contributed by atoms with Gasteiger partial charge in [-0.3, -0.25) is 4.79 Å². The Bertz CT molecular complexity index is 430. The minimum Gasteiger partial charge on any atom is -0.431 e. The number of carbonyl (C=O) groups excluding carboxylic acids is 1. The summed E-state index contributed by atoms with van der Waals surface area (Å²) in [6.07, 6.45) is 2.50. The fourth-order valence-corrected chi connectivity index (χ4v) is 2.75. The highest BCUT2D eigenvalue weighted by Crippen LogP contribution is 2.18. The number of ether oxygens (including phenoxy) is 2. The molecule has 2 unspecified atom stereocenters. The Morgan fingerprint density at radius 1 is 1.39 bits per heavy atom. The molecule has 0 bridgehead atoms. The van der Waals surface area contributed by atoms with Crippen LogP contribution in [0.2, 0.25) is 0 Å². The van der Waals surface area contributed by atoms with Crippen molar-refractivity contribution in [1.29, 1.82) is 0 Å². The topological polar surface area (TPSA) is 76.0 Å². The van der Waals surface area contributed by atoms with E-state index in [9.17, 15) is 15.0 Å². The van der Waals surface area contributed by atoms with Crippen LogP contribution in [0.3, 0.4) is 0 Å². The highest BCUT2D eigenvalue weighted by atomic mass is 32.1. The Kier molecular flexibility index (Phi) is 9.40. The predicted octanol–water partition coefficient (Wildman–Crippen LogP) is 2.89. The molecule has 23 heavy (non-hydrogen) atoms. The van der Waals surface area contributed by atoms with Crippen LogP contribution >= 0.6 is 11.3 Å². The zero-order chi connectivity index (χ0) is 17.1. The third kappa shape index (κ3) is 8.46. The number of aliphatic hydroxyl groups is 2. The van der Waals surface area contributed by atoms with Crippen molar-refractivity contribution in [3.05, 3.63) is 22.4 Å². The van der Waals surface area contributed by atoms with E-state index in [0.717, 1.165) is 12.8 Å². The Hall–Kier alpha value is -0.950. The third-order valence-electron chi connectivity index (χ3n) is 3.55. The Morgan fingerprint density at radius 2 is 2.17 bits per heavy atom. The Labute approximate surface area is 142 Å². The van der Waals surface area contributed by atoms with Crippen LogP contribution in [0.1, 0.15) is 51.5 Å². The molecule has 2 atom stereocenters. The molecule has 0 spiro atoms. The molecule has 2 N–H and O–H groups in total. The van der Waals surface area contributed by atoms with Gasteiger partial charge in [0.2, 0.25) is 5.79 Å². The largest absolute Gasteiger partial charge is 0.431 e. The van der Waals surface area contributed by atoms with Gasteiger partial charge in [0.1, 0.15) is 6.10 Å². The van der Waals surface area contributed by atoms with Crippen molar-refractivity contribution in [2.24, 2.45) is 0 Å². The summed E-state index contributed by atoms with van der Waals surface area (Å²) < 4.78 is 10.5. The van der Waals surface area contributed by atoms with E-state index in [2.05, 4.69) is 11.4 Å². The van der Waals surface area contributed by atoms with Crippen molar-refractivity contribution >= 4 is 17.3 Å². The minimum atomic E-state index is -1.85. The summed E-state index contributed by atoms with van der Waals surface area (Å²) in [6.45, 7) is 4.42. The standard InChI is InChI=1S/C17H28O5S/c1-3-4-7-16(19)22-17(2,20)15(18)6-5-10-21-11-8-14-9-12-23-13-14/h9,12-13,15,18,20H,3-8,10-11H2,1-2H3. The Morgan fingerprint density at radius 3 is 2.83 bits per heavy atom. The second kappa shape index (κ2) is 10.8. The van der Waals surface area contributed by atoms with Crippen molar-refractivity contribution in [3.8, 4) is 0 Å². The average Bonchev–Trinajstić information content (AvgIpc) is 3.01. The first-order valence-corrected chi connectivity index (χ1v) is 9.11. The van der Waals surface area contributed by atoms with E-state index < -0.39 is 17.9 Å². The van der Waals surface area contributed by atoms with Gasteiger partial charge in [0.25, 0.3) is 0 Å². The van der Waals surface area contributed by atoms with E-state index in [1.54, 1.807) is 11.3 Å². The second-order valence-corrected chi connectivity index (χ2v) is 6.56. The number of hydrogen-bond donors (Lipinski definition) is 2. The van der Waals surface area contributed by atoms with Crippen molar-refractivity contribution in [2.75, 3.05) is 13.2 Å². The van der Waals surface area contributed by atoms with Gasteiger partial charge in [-0.1, -0.05) is 13.3 Å². The van der Waals surface area contributed by atoms with Gasteiger partial charge in [-0.05, 0) is 48.1 Å². The van der Waals surface area contributed by atoms with Crippen LogP contribution in [-0.2, 0) is 20.7 Å². The summed E-state index contributed by atoms with van der Waals surface area (Å²) in [5.74, 6) is -2.33. The van der Waals surface area contributed by atoms with Crippen LogP contribution in [0.5, 0.6) is 0 Å². The first-order chi connectivity index (χ1) is 11.0. The summed E-state index contributed by atoms with van der Waals surface area (Å²) >= 11 is 1.67. The molecule has 0 aromatic carbocycles. The molecule has 132 valence electrons. The van der Waals surface area contributed by atoms with Crippen LogP contribution < -0.4 is 0 Å². The summed E-state index contributed by atoms with van der Waals surface area (Å²) in [6, 6.07) is 2.07. The number of aliphatic hydroxyl groups excluding tert-OH is 1. The summed E-state index contributed by atoms with van der Waals surface area (Å²) in [5.41, 5.74) is 1.26. The van der Waals surface area contributed by atoms with Crippen LogP contribution in [-0.4, -0.2) is 41.3 Å². The van der Waals surface area contributed by atoms with Crippen molar-refractivity contribution in [1.82, 2.24) is 0 Å². The molecular weight excluding hydrogens is 316 g/mol. The van der Waals surface area contributed by atoms with Crippen molar-refractivity contribution in [2.45, 2.75) is 64.3 Å². The van der Waals surface area contributed by atoms with Gasteiger partial charge in [0, 0.05) is 20.0 Å². The lowest BCUT2D eigenvalue weighted by Crippen LogP contribution is -2.43. The quantitative estimate of drug-likeness (QED) is 0.346. The van der Waals surface area contributed by atoms with E-state index in [4.69, 9.17) is 9.47 Å². The molecule has 1 aromatic heterocycles. The molecule has 5 nitrogen and oxygen atoms in total. The molecule has 0 aliphatic heterocycles. The normalized spacial score (nSPS) is 15.1. The van der Waals surface area contributed by atoms with E-state index in [1.807, 2.05) is 12.3 Å². The van der Waals surface area contributed by atoms with Gasteiger partial charge in [-0.2, -0.15) is 11.3 Å². The van der Waals surface area contributed by atoms with Crippen LogP contribution in [0, 0.1) is 0 Å². The molecule has 0 fully saturated rings. The molecule has 1 aromatic rings. The number of hydrogen-bond acceptors (Lipinski definition) is 6. The lowest BCUT2D eigenvalue weighted by atomic mass is 10.1. The molecule has 0 radical (unpaired) electrons. The fraction of sp³-hybridized carbons (Fsp3) is 0.706. The van der Waals surface area contributed by atoms with Crippen LogP contribution in [0.25, 0.3) is 0 Å². The number of carbonyl (C=O) groups is 1. The monoisotopic (exact) mass is 344 g/mol. The second-order valence-electron chi connectivity index (χ2n) is 5.78. The maximum Gasteiger partial charge on any atom is 0.308 e. The van der Waals surface area contributed by atoms with Gasteiger partial charge in [-0.25, -0.2) is 0 Å². The zero-order valence-electron chi connectivity index (χ0n) is 14.0. The molecule has 0 saturated heterocycles. The maximum absolute atomic E-state index is 11.5. The van der Waals surface area contributed by atoms with Gasteiger partial charge in [0.05, 0.1) is 6.61 Å². The summed E-state index contributed by atoms with van der Waals surface area (Å²) in [4.78, 5) is 11.5. The van der Waals surface area contributed by atoms with E-state index in [1.165, 1.54) is 12.5 Å². The molecule has 0 aliphatic rings. The highest BCUT2D eigenvalue weighted by molar-refractivity contribution is 7.07. The first-order valence-electron chi connectivity index (χ1n) is 8.16. The van der Waals surface area contributed by atoms with Gasteiger partial charge in [0.15, 0.2) is 0 Å². The van der Waals surface area contributed by atoms with Crippen LogP contribution in [0.15, 0.2) is 16.8 Å². The number of unbranched alkanes of at least 4 members (excludes halogenated alkanes) is 1. The van der Waals surface area contributed by atoms with E-state index in [-0.39, 0.29) is 6.42 Å². The Balaban J connectivity index is 2.13. The fourth-order valence-electron chi connectivity index (χ4n) is 2.04. The van der Waals surface area contributed by atoms with Gasteiger partial charge < -0.3 is 19.7 Å². The minimum absolute atomic E-state index is 0.255. The van der Waals surface area contributed by atoms with Gasteiger partial charge >= 0.3 is 5.97 Å².